The van der Waals surface area contributed by atoms with Crippen molar-refractivity contribution in [3.8, 4) is 11.4 Å². The normalized spacial score (nSPS) is 16.0. The molecule has 1 aromatic heterocycles. The SMILES string of the molecule is CN=C(NCCc1nc(-c2cccc(Cl)c2)no1)NCC(CC(C)C)N1CCOCC1.I. The number of nitrogens with one attached hydrogen (secondary N) is 2. The summed E-state index contributed by atoms with van der Waals surface area (Å²) >= 11 is 6.04. The molecule has 10 heteroatoms. The first kappa shape index (κ1) is 26.8. The summed E-state index contributed by atoms with van der Waals surface area (Å²) in [6.45, 7) is 9.60. The fraction of sp³-hybridized carbons (Fsp3) is 0.591. The predicted molar refractivity (Wildman–Crippen MR) is 139 cm³/mol. The molecule has 2 aromatic rings. The van der Waals surface area contributed by atoms with Gasteiger partial charge in [0.05, 0.1) is 13.2 Å². The lowest BCUT2D eigenvalue weighted by Gasteiger charge is -2.35. The molecule has 1 unspecified atom stereocenters. The molecule has 2 N–H and O–H groups in total. The van der Waals surface area contributed by atoms with Crippen molar-refractivity contribution in [1.82, 2.24) is 25.7 Å². The summed E-state index contributed by atoms with van der Waals surface area (Å²) in [6, 6.07) is 7.88. The van der Waals surface area contributed by atoms with Gasteiger partial charge in [-0.25, -0.2) is 0 Å². The van der Waals surface area contributed by atoms with Crippen molar-refractivity contribution >= 4 is 41.5 Å². The van der Waals surface area contributed by atoms with Crippen molar-refractivity contribution in [2.75, 3.05) is 46.4 Å². The Labute approximate surface area is 212 Å². The third-order valence-electron chi connectivity index (χ3n) is 5.22. The van der Waals surface area contributed by atoms with Crippen molar-refractivity contribution in [3.05, 3.63) is 35.2 Å². The average molecular weight is 577 g/mol. The maximum absolute atomic E-state index is 6.04. The zero-order chi connectivity index (χ0) is 22.1. The highest BCUT2D eigenvalue weighted by Gasteiger charge is 2.22. The van der Waals surface area contributed by atoms with E-state index in [4.69, 9.17) is 20.9 Å². The number of aromatic nitrogens is 2. The van der Waals surface area contributed by atoms with Crippen molar-refractivity contribution in [2.45, 2.75) is 32.7 Å². The van der Waals surface area contributed by atoms with Crippen LogP contribution in [0.1, 0.15) is 26.2 Å². The molecule has 1 atom stereocenters. The van der Waals surface area contributed by atoms with Crippen LogP contribution in [0.25, 0.3) is 11.4 Å². The lowest BCUT2D eigenvalue weighted by Crippen LogP contribution is -2.51. The molecule has 1 fully saturated rings. The second-order valence-corrected chi connectivity index (χ2v) is 8.52. The monoisotopic (exact) mass is 576 g/mol. The summed E-state index contributed by atoms with van der Waals surface area (Å²) in [6.07, 6.45) is 1.74. The maximum atomic E-state index is 6.04. The Bertz CT molecular complexity index is 841. The Morgan fingerprint density at radius 2 is 2.03 bits per heavy atom. The van der Waals surface area contributed by atoms with E-state index in [2.05, 4.69) is 44.5 Å². The van der Waals surface area contributed by atoms with Crippen LogP contribution in [0.3, 0.4) is 0 Å². The molecule has 1 aliphatic heterocycles. The molecule has 0 radical (unpaired) electrons. The van der Waals surface area contributed by atoms with E-state index in [1.165, 1.54) is 0 Å². The summed E-state index contributed by atoms with van der Waals surface area (Å²) in [5, 5.41) is 11.5. The van der Waals surface area contributed by atoms with E-state index in [0.29, 0.717) is 41.7 Å². The minimum absolute atomic E-state index is 0. The largest absolute Gasteiger partial charge is 0.379 e. The Hall–Kier alpha value is -1.43. The van der Waals surface area contributed by atoms with Gasteiger partial charge in [-0.2, -0.15) is 4.98 Å². The molecule has 178 valence electrons. The molecule has 3 rings (SSSR count). The van der Waals surface area contributed by atoms with Gasteiger partial charge in [0.25, 0.3) is 0 Å². The molecule has 32 heavy (non-hydrogen) atoms. The Kier molecular flexibility index (Phi) is 11.7. The molecule has 1 saturated heterocycles. The van der Waals surface area contributed by atoms with Crippen LogP contribution in [-0.4, -0.2) is 73.5 Å². The third-order valence-corrected chi connectivity index (χ3v) is 5.45. The van der Waals surface area contributed by atoms with Crippen molar-refractivity contribution in [2.24, 2.45) is 10.9 Å². The Balaban J connectivity index is 0.00000363. The molecule has 1 aromatic carbocycles. The van der Waals surface area contributed by atoms with E-state index in [1.54, 1.807) is 7.05 Å². The lowest BCUT2D eigenvalue weighted by molar-refractivity contribution is 0.0132. The number of benzene rings is 1. The number of guanidine groups is 1. The van der Waals surface area contributed by atoms with Crippen LogP contribution in [0.5, 0.6) is 0 Å². The van der Waals surface area contributed by atoms with Crippen LogP contribution >= 0.6 is 35.6 Å². The smallest absolute Gasteiger partial charge is 0.228 e. The second-order valence-electron chi connectivity index (χ2n) is 8.08. The Morgan fingerprint density at radius 3 is 2.72 bits per heavy atom. The van der Waals surface area contributed by atoms with Gasteiger partial charge < -0.3 is 19.9 Å². The van der Waals surface area contributed by atoms with Gasteiger partial charge in [-0.05, 0) is 24.5 Å². The Morgan fingerprint density at radius 1 is 1.25 bits per heavy atom. The van der Waals surface area contributed by atoms with E-state index in [0.717, 1.165) is 50.8 Å². The minimum Gasteiger partial charge on any atom is -0.379 e. The number of aliphatic imine (C=N–C) groups is 1. The molecule has 0 spiro atoms. The highest BCUT2D eigenvalue weighted by molar-refractivity contribution is 14.0. The summed E-state index contributed by atoms with van der Waals surface area (Å²) in [7, 11) is 1.78. The van der Waals surface area contributed by atoms with Gasteiger partial charge in [-0.3, -0.25) is 9.89 Å². The van der Waals surface area contributed by atoms with Crippen molar-refractivity contribution in [1.29, 1.82) is 0 Å². The lowest BCUT2D eigenvalue weighted by atomic mass is 10.0. The summed E-state index contributed by atoms with van der Waals surface area (Å²) in [4.78, 5) is 11.3. The number of morpholine rings is 1. The number of nitrogens with zero attached hydrogens (tertiary/aromatic N) is 4. The van der Waals surface area contributed by atoms with E-state index in [1.807, 2.05) is 24.3 Å². The highest BCUT2D eigenvalue weighted by Crippen LogP contribution is 2.20. The standard InChI is InChI=1S/C22H33ClN6O2.HI/c1-16(2)13-19(29-9-11-30-12-10-29)15-26-22(24-3)25-8-7-20-27-21(28-31-20)17-5-4-6-18(23)14-17;/h4-6,14,16,19H,7-13,15H2,1-3H3,(H2,24,25,26);1H. The van der Waals surface area contributed by atoms with Crippen LogP contribution in [0.15, 0.2) is 33.8 Å². The highest BCUT2D eigenvalue weighted by atomic mass is 127. The molecular weight excluding hydrogens is 543 g/mol. The van der Waals surface area contributed by atoms with Gasteiger partial charge in [0.15, 0.2) is 5.96 Å². The number of hydrogen-bond donors (Lipinski definition) is 2. The van der Waals surface area contributed by atoms with Crippen LogP contribution in [0.4, 0.5) is 0 Å². The van der Waals surface area contributed by atoms with E-state index in [9.17, 15) is 0 Å². The van der Waals surface area contributed by atoms with E-state index >= 15 is 0 Å². The first-order valence-corrected chi connectivity index (χ1v) is 11.3. The third kappa shape index (κ3) is 8.49. The second kappa shape index (κ2) is 14.0. The van der Waals surface area contributed by atoms with E-state index in [-0.39, 0.29) is 24.0 Å². The van der Waals surface area contributed by atoms with Crippen molar-refractivity contribution in [3.63, 3.8) is 0 Å². The fourth-order valence-corrected chi connectivity index (χ4v) is 3.86. The molecule has 2 heterocycles. The topological polar surface area (TPSA) is 87.8 Å². The van der Waals surface area contributed by atoms with Gasteiger partial charge in [0, 0.05) is 56.3 Å². The zero-order valence-electron chi connectivity index (χ0n) is 19.0. The predicted octanol–water partition coefficient (Wildman–Crippen LogP) is 3.46. The van der Waals surface area contributed by atoms with Crippen molar-refractivity contribution < 1.29 is 9.26 Å². The van der Waals surface area contributed by atoms with Gasteiger partial charge in [-0.15, -0.1) is 24.0 Å². The summed E-state index contributed by atoms with van der Waals surface area (Å²) in [5.41, 5.74) is 0.840. The molecule has 0 saturated carbocycles. The first-order chi connectivity index (χ1) is 15.0. The number of ether oxygens (including phenoxy) is 1. The van der Waals surface area contributed by atoms with Crippen LogP contribution in [0, 0.1) is 5.92 Å². The van der Waals surface area contributed by atoms with Gasteiger partial charge in [-0.1, -0.05) is 42.7 Å². The van der Waals surface area contributed by atoms with Crippen LogP contribution in [0.2, 0.25) is 5.02 Å². The first-order valence-electron chi connectivity index (χ1n) is 10.9. The quantitative estimate of drug-likeness (QED) is 0.269. The molecule has 0 amide bonds. The minimum atomic E-state index is 0. The molecule has 0 bridgehead atoms. The fourth-order valence-electron chi connectivity index (χ4n) is 3.67. The maximum Gasteiger partial charge on any atom is 0.228 e. The van der Waals surface area contributed by atoms with E-state index < -0.39 is 0 Å². The number of hydrogen-bond acceptors (Lipinski definition) is 6. The summed E-state index contributed by atoms with van der Waals surface area (Å²) in [5.74, 6) is 2.53. The average Bonchev–Trinajstić information content (AvgIpc) is 3.24. The molecule has 8 nitrogen and oxygen atoms in total. The van der Waals surface area contributed by atoms with Crippen LogP contribution < -0.4 is 10.6 Å². The number of rotatable bonds is 9. The van der Waals surface area contributed by atoms with Crippen LogP contribution in [-0.2, 0) is 11.2 Å². The molecule has 1 aliphatic rings. The summed E-state index contributed by atoms with van der Waals surface area (Å²) < 4.78 is 10.9. The van der Waals surface area contributed by atoms with Gasteiger partial charge in [0.1, 0.15) is 0 Å². The number of halogens is 2. The zero-order valence-corrected chi connectivity index (χ0v) is 22.1. The molecular formula is C22H34ClIN6O2. The molecule has 0 aliphatic carbocycles. The van der Waals surface area contributed by atoms with Gasteiger partial charge >= 0.3 is 0 Å². The van der Waals surface area contributed by atoms with Gasteiger partial charge in [0.2, 0.25) is 11.7 Å².